The average Bonchev–Trinajstić information content (AvgIpc) is 3.09. The average molecular weight is 430 g/mol. The van der Waals surface area contributed by atoms with Crippen LogP contribution < -0.4 is 9.47 Å². The number of rotatable bonds is 6. The third-order valence-electron chi connectivity index (χ3n) is 5.37. The lowest BCUT2D eigenvalue weighted by Crippen LogP contribution is -2.29. The molecule has 1 atom stereocenters. The van der Waals surface area contributed by atoms with Gasteiger partial charge in [0.05, 0.1) is 38.1 Å². The van der Waals surface area contributed by atoms with E-state index in [4.69, 9.17) is 9.47 Å². The highest BCUT2D eigenvalue weighted by Crippen LogP contribution is 2.41. The van der Waals surface area contributed by atoms with Gasteiger partial charge >= 0.3 is 0 Å². The number of carbonyl (C=O) groups is 2. The highest BCUT2D eigenvalue weighted by Gasteiger charge is 2.46. The molecule has 7 nitrogen and oxygen atoms in total. The third kappa shape index (κ3) is 3.80. The summed E-state index contributed by atoms with van der Waals surface area (Å²) in [7, 11) is 2.99. The number of hydrogen-bond acceptors (Lipinski definition) is 6. The van der Waals surface area contributed by atoms with Crippen LogP contribution in [-0.2, 0) is 16.1 Å². The fourth-order valence-corrected chi connectivity index (χ4v) is 3.83. The van der Waals surface area contributed by atoms with Gasteiger partial charge in [-0.15, -0.1) is 0 Å². The van der Waals surface area contributed by atoms with Crippen LogP contribution in [-0.4, -0.2) is 40.9 Å². The molecule has 162 valence electrons. The van der Waals surface area contributed by atoms with Gasteiger partial charge in [-0.2, -0.15) is 0 Å². The van der Waals surface area contributed by atoms with E-state index >= 15 is 0 Å². The molecule has 0 saturated carbocycles. The Morgan fingerprint density at radius 1 is 0.969 bits per heavy atom. The number of amides is 1. The monoisotopic (exact) mass is 430 g/mol. The number of ketones is 1. The predicted octanol–water partition coefficient (Wildman–Crippen LogP) is 3.72. The van der Waals surface area contributed by atoms with E-state index in [-0.39, 0.29) is 17.9 Å². The van der Waals surface area contributed by atoms with Crippen molar-refractivity contribution in [3.8, 4) is 11.5 Å². The normalized spacial score (nSPS) is 17.4. The summed E-state index contributed by atoms with van der Waals surface area (Å²) in [5.74, 6) is -0.829. The summed E-state index contributed by atoms with van der Waals surface area (Å²) in [5.41, 5.74) is 1.72. The molecule has 1 fully saturated rings. The van der Waals surface area contributed by atoms with Crippen LogP contribution in [0.2, 0.25) is 0 Å². The molecule has 32 heavy (non-hydrogen) atoms. The van der Waals surface area contributed by atoms with Crippen LogP contribution in [0.25, 0.3) is 5.76 Å². The van der Waals surface area contributed by atoms with Gasteiger partial charge in [-0.05, 0) is 35.9 Å². The minimum absolute atomic E-state index is 0.0179. The van der Waals surface area contributed by atoms with Crippen LogP contribution in [0.5, 0.6) is 11.5 Å². The van der Waals surface area contributed by atoms with E-state index in [1.54, 1.807) is 36.5 Å². The van der Waals surface area contributed by atoms with E-state index in [0.717, 1.165) is 0 Å². The van der Waals surface area contributed by atoms with Gasteiger partial charge < -0.3 is 19.5 Å². The molecule has 0 radical (unpaired) electrons. The van der Waals surface area contributed by atoms with E-state index in [1.165, 1.54) is 19.1 Å². The minimum Gasteiger partial charge on any atom is -0.507 e. The number of benzene rings is 2. The van der Waals surface area contributed by atoms with Gasteiger partial charge in [0.1, 0.15) is 5.76 Å². The van der Waals surface area contributed by atoms with Crippen molar-refractivity contribution < 1.29 is 24.2 Å². The van der Waals surface area contributed by atoms with Crippen LogP contribution in [0.1, 0.15) is 22.9 Å². The zero-order chi connectivity index (χ0) is 22.7. The molecule has 3 aromatic rings. The smallest absolute Gasteiger partial charge is 0.296 e. The van der Waals surface area contributed by atoms with Crippen molar-refractivity contribution >= 4 is 17.4 Å². The Bertz CT molecular complexity index is 1180. The summed E-state index contributed by atoms with van der Waals surface area (Å²) >= 11 is 0. The quantitative estimate of drug-likeness (QED) is 0.364. The number of aromatic nitrogens is 1. The highest BCUT2D eigenvalue weighted by atomic mass is 16.5. The van der Waals surface area contributed by atoms with Crippen molar-refractivity contribution in [2.24, 2.45) is 0 Å². The maximum atomic E-state index is 13.1. The molecule has 2 heterocycles. The summed E-state index contributed by atoms with van der Waals surface area (Å²) < 4.78 is 10.6. The number of ether oxygens (including phenoxy) is 2. The number of aliphatic hydroxyl groups is 1. The van der Waals surface area contributed by atoms with E-state index < -0.39 is 17.7 Å². The van der Waals surface area contributed by atoms with E-state index in [2.05, 4.69) is 4.98 Å². The van der Waals surface area contributed by atoms with Gasteiger partial charge in [-0.1, -0.05) is 36.4 Å². The number of pyridine rings is 1. The Labute approximate surface area is 185 Å². The molecule has 2 aromatic carbocycles. The zero-order valence-corrected chi connectivity index (χ0v) is 17.7. The Balaban J connectivity index is 1.85. The highest BCUT2D eigenvalue weighted by molar-refractivity contribution is 6.46. The number of nitrogens with zero attached hydrogens (tertiary/aromatic N) is 2. The number of hydrogen-bond donors (Lipinski definition) is 1. The molecule has 1 aromatic heterocycles. The molecular weight excluding hydrogens is 408 g/mol. The summed E-state index contributed by atoms with van der Waals surface area (Å²) in [5, 5.41) is 11.2. The first-order valence-corrected chi connectivity index (χ1v) is 10.0. The molecule has 0 aliphatic carbocycles. The van der Waals surface area contributed by atoms with E-state index in [1.807, 2.05) is 36.4 Å². The van der Waals surface area contributed by atoms with Crippen LogP contribution in [0, 0.1) is 0 Å². The van der Waals surface area contributed by atoms with Gasteiger partial charge in [0.2, 0.25) is 0 Å². The van der Waals surface area contributed by atoms with Crippen molar-refractivity contribution in [3.63, 3.8) is 0 Å². The van der Waals surface area contributed by atoms with Crippen molar-refractivity contribution in [1.82, 2.24) is 9.88 Å². The molecule has 1 aliphatic rings. The zero-order valence-electron chi connectivity index (χ0n) is 17.7. The first kappa shape index (κ1) is 21.1. The molecule has 7 heteroatoms. The van der Waals surface area contributed by atoms with E-state index in [9.17, 15) is 14.7 Å². The van der Waals surface area contributed by atoms with Gasteiger partial charge in [-0.3, -0.25) is 14.6 Å². The Morgan fingerprint density at radius 2 is 1.69 bits per heavy atom. The third-order valence-corrected chi connectivity index (χ3v) is 5.37. The molecule has 1 saturated heterocycles. The number of Topliss-reactive ketones (excluding diaryl/α,β-unsaturated/α-hetero) is 1. The standard InChI is InChI=1S/C25H22N2O5/c1-31-19-12-11-17(14-20(19)32-2)23(28)21-22(16-8-4-3-5-9-16)27(25(30)24(21)29)15-18-10-6-7-13-26-18/h3-14,22,28H,15H2,1-2H3/b23-21-. The fraction of sp³-hybridized carbons (Fsp3) is 0.160. The van der Waals surface area contributed by atoms with Crippen molar-refractivity contribution in [3.05, 3.63) is 95.3 Å². The van der Waals surface area contributed by atoms with Crippen molar-refractivity contribution in [1.29, 1.82) is 0 Å². The molecular formula is C25H22N2O5. The maximum Gasteiger partial charge on any atom is 0.296 e. The SMILES string of the molecule is COc1ccc(/C(O)=C2/C(=O)C(=O)N(Cc3ccccn3)C2c2ccccc2)cc1OC. The van der Waals surface area contributed by atoms with Crippen molar-refractivity contribution in [2.75, 3.05) is 14.2 Å². The number of methoxy groups -OCH3 is 2. The fourth-order valence-electron chi connectivity index (χ4n) is 3.83. The minimum atomic E-state index is -0.758. The topological polar surface area (TPSA) is 89.0 Å². The van der Waals surface area contributed by atoms with Crippen LogP contribution in [0.4, 0.5) is 0 Å². The second-order valence-corrected chi connectivity index (χ2v) is 7.23. The van der Waals surface area contributed by atoms with Gasteiger partial charge in [0.25, 0.3) is 11.7 Å². The van der Waals surface area contributed by atoms with Crippen LogP contribution >= 0.6 is 0 Å². The van der Waals surface area contributed by atoms with E-state index in [0.29, 0.717) is 28.3 Å². The largest absolute Gasteiger partial charge is 0.507 e. The molecule has 1 aliphatic heterocycles. The molecule has 0 spiro atoms. The van der Waals surface area contributed by atoms with Crippen LogP contribution in [0.15, 0.2) is 78.5 Å². The lowest BCUT2D eigenvalue weighted by molar-refractivity contribution is -0.140. The lowest BCUT2D eigenvalue weighted by Gasteiger charge is -2.25. The second kappa shape index (κ2) is 8.93. The first-order chi connectivity index (χ1) is 15.5. The molecule has 4 rings (SSSR count). The number of carbonyl (C=O) groups excluding carboxylic acids is 2. The second-order valence-electron chi connectivity index (χ2n) is 7.23. The van der Waals surface area contributed by atoms with Crippen molar-refractivity contribution in [2.45, 2.75) is 12.6 Å². The predicted molar refractivity (Wildman–Crippen MR) is 118 cm³/mol. The molecule has 1 N–H and O–H groups in total. The first-order valence-electron chi connectivity index (χ1n) is 10.0. The summed E-state index contributed by atoms with van der Waals surface area (Å²) in [6.45, 7) is 0.133. The molecule has 1 unspecified atom stereocenters. The Morgan fingerprint density at radius 3 is 2.34 bits per heavy atom. The maximum absolute atomic E-state index is 13.1. The summed E-state index contributed by atoms with van der Waals surface area (Å²) in [6, 6.07) is 18.6. The Hall–Kier alpha value is -4.13. The van der Waals surface area contributed by atoms with Crippen LogP contribution in [0.3, 0.4) is 0 Å². The number of likely N-dealkylation sites (tertiary alicyclic amines) is 1. The number of aliphatic hydroxyl groups excluding tert-OH is 1. The summed E-state index contributed by atoms with van der Waals surface area (Å²) in [6.07, 6.45) is 1.63. The van der Waals surface area contributed by atoms with Gasteiger partial charge in [0.15, 0.2) is 11.5 Å². The summed E-state index contributed by atoms with van der Waals surface area (Å²) in [4.78, 5) is 31.8. The Kier molecular flexibility index (Phi) is 5.89. The van der Waals surface area contributed by atoms with Gasteiger partial charge in [0, 0.05) is 11.8 Å². The molecule has 0 bridgehead atoms. The molecule has 1 amide bonds. The van der Waals surface area contributed by atoms with Gasteiger partial charge in [-0.25, -0.2) is 0 Å². The lowest BCUT2D eigenvalue weighted by atomic mass is 9.95.